The molecular formula is C10H14BrNOS. The molecule has 2 nitrogen and oxygen atoms in total. The van der Waals surface area contributed by atoms with Gasteiger partial charge in [-0.3, -0.25) is 0 Å². The molecular weight excluding hydrogens is 262 g/mol. The second kappa shape index (κ2) is 3.93. The van der Waals surface area contributed by atoms with Gasteiger partial charge in [-0.2, -0.15) is 0 Å². The van der Waals surface area contributed by atoms with Crippen LogP contribution < -0.4 is 5.73 Å². The van der Waals surface area contributed by atoms with E-state index in [4.69, 9.17) is 10.5 Å². The summed E-state index contributed by atoms with van der Waals surface area (Å²) in [4.78, 5) is 1.40. The Morgan fingerprint density at radius 3 is 2.71 bits per heavy atom. The molecule has 0 amide bonds. The van der Waals surface area contributed by atoms with E-state index >= 15 is 0 Å². The molecule has 4 heteroatoms. The molecule has 1 aromatic rings. The standard InChI is InChI=1S/C10H14BrNOS/c1-7(12)4-10(5-13-6-10)8-2-3-9(11)14-8/h2-3,7H,4-6,12H2,1H3. The first kappa shape index (κ1) is 10.6. The van der Waals surface area contributed by atoms with Crippen LogP contribution in [0.25, 0.3) is 0 Å². The van der Waals surface area contributed by atoms with Crippen LogP contribution in [-0.2, 0) is 10.2 Å². The molecule has 0 aliphatic carbocycles. The summed E-state index contributed by atoms with van der Waals surface area (Å²) < 4.78 is 6.52. The highest BCUT2D eigenvalue weighted by molar-refractivity contribution is 9.11. The number of halogens is 1. The summed E-state index contributed by atoms with van der Waals surface area (Å²) in [6.45, 7) is 3.70. The minimum absolute atomic E-state index is 0.199. The summed E-state index contributed by atoms with van der Waals surface area (Å²) in [7, 11) is 0. The predicted octanol–water partition coefficient (Wildman–Crippen LogP) is 2.52. The SMILES string of the molecule is CC(N)CC1(c2ccc(Br)s2)COC1. The zero-order valence-electron chi connectivity index (χ0n) is 8.13. The molecule has 0 radical (unpaired) electrons. The first-order valence-corrected chi connectivity index (χ1v) is 6.32. The number of hydrogen-bond donors (Lipinski definition) is 1. The number of ether oxygens (including phenoxy) is 1. The van der Waals surface area contributed by atoms with Gasteiger partial charge in [0.15, 0.2) is 0 Å². The smallest absolute Gasteiger partial charge is 0.0701 e. The van der Waals surface area contributed by atoms with Gasteiger partial charge in [-0.25, -0.2) is 0 Å². The molecule has 0 spiro atoms. The highest BCUT2D eigenvalue weighted by atomic mass is 79.9. The van der Waals surface area contributed by atoms with Crippen LogP contribution in [0.5, 0.6) is 0 Å². The summed E-state index contributed by atoms with van der Waals surface area (Å²) in [6, 6.07) is 4.51. The van der Waals surface area contributed by atoms with Crippen LogP contribution in [0.2, 0.25) is 0 Å². The Kier molecular flexibility index (Phi) is 2.98. The Morgan fingerprint density at radius 1 is 1.64 bits per heavy atom. The Bertz CT molecular complexity index is 320. The van der Waals surface area contributed by atoms with Crippen molar-refractivity contribution in [3.8, 4) is 0 Å². The third kappa shape index (κ3) is 1.89. The lowest BCUT2D eigenvalue weighted by Gasteiger charge is -2.42. The predicted molar refractivity (Wildman–Crippen MR) is 62.8 cm³/mol. The van der Waals surface area contributed by atoms with Crippen molar-refractivity contribution in [3.05, 3.63) is 20.8 Å². The molecule has 2 heterocycles. The molecule has 1 saturated heterocycles. The van der Waals surface area contributed by atoms with Gasteiger partial charge in [-0.1, -0.05) is 0 Å². The van der Waals surface area contributed by atoms with Crippen molar-refractivity contribution < 1.29 is 4.74 Å². The fraction of sp³-hybridized carbons (Fsp3) is 0.600. The normalized spacial score (nSPS) is 21.6. The minimum Gasteiger partial charge on any atom is -0.379 e. The lowest BCUT2D eigenvalue weighted by atomic mass is 9.79. The van der Waals surface area contributed by atoms with E-state index in [-0.39, 0.29) is 11.5 Å². The zero-order valence-corrected chi connectivity index (χ0v) is 10.5. The van der Waals surface area contributed by atoms with E-state index in [1.807, 2.05) is 0 Å². The van der Waals surface area contributed by atoms with Crippen LogP contribution in [0.1, 0.15) is 18.2 Å². The van der Waals surface area contributed by atoms with E-state index in [0.29, 0.717) is 0 Å². The number of hydrogen-bond acceptors (Lipinski definition) is 3. The Balaban J connectivity index is 2.20. The largest absolute Gasteiger partial charge is 0.379 e. The molecule has 0 saturated carbocycles. The Hall–Kier alpha value is 0.1000. The molecule has 2 rings (SSSR count). The maximum absolute atomic E-state index is 5.87. The van der Waals surface area contributed by atoms with Gasteiger partial charge in [0.1, 0.15) is 0 Å². The lowest BCUT2D eigenvalue weighted by Crippen LogP contribution is -2.49. The van der Waals surface area contributed by atoms with Crippen molar-refractivity contribution in [1.29, 1.82) is 0 Å². The van der Waals surface area contributed by atoms with Crippen LogP contribution in [0.15, 0.2) is 15.9 Å². The van der Waals surface area contributed by atoms with E-state index < -0.39 is 0 Å². The topological polar surface area (TPSA) is 35.2 Å². The van der Waals surface area contributed by atoms with E-state index in [0.717, 1.165) is 19.6 Å². The van der Waals surface area contributed by atoms with Crippen molar-refractivity contribution in [2.45, 2.75) is 24.8 Å². The van der Waals surface area contributed by atoms with E-state index in [2.05, 4.69) is 35.0 Å². The van der Waals surface area contributed by atoms with Gasteiger partial charge in [0, 0.05) is 10.9 Å². The Morgan fingerprint density at radius 2 is 2.36 bits per heavy atom. The highest BCUT2D eigenvalue weighted by Crippen LogP contribution is 2.41. The maximum Gasteiger partial charge on any atom is 0.0701 e. The minimum atomic E-state index is 0.199. The highest BCUT2D eigenvalue weighted by Gasteiger charge is 2.41. The van der Waals surface area contributed by atoms with Crippen LogP contribution in [0, 0.1) is 0 Å². The third-order valence-corrected chi connectivity index (χ3v) is 4.44. The molecule has 0 aromatic carbocycles. The lowest BCUT2D eigenvalue weighted by molar-refractivity contribution is -0.0646. The van der Waals surface area contributed by atoms with Gasteiger partial charge in [0.05, 0.1) is 22.4 Å². The molecule has 78 valence electrons. The fourth-order valence-corrected chi connectivity index (χ4v) is 3.48. The van der Waals surface area contributed by atoms with Crippen LogP contribution >= 0.6 is 27.3 Å². The van der Waals surface area contributed by atoms with Gasteiger partial charge in [0.25, 0.3) is 0 Å². The van der Waals surface area contributed by atoms with E-state index in [1.165, 1.54) is 8.66 Å². The maximum atomic E-state index is 5.87. The summed E-state index contributed by atoms with van der Waals surface area (Å²) in [6.07, 6.45) is 1.01. The van der Waals surface area contributed by atoms with Crippen molar-refractivity contribution in [3.63, 3.8) is 0 Å². The molecule has 1 atom stereocenters. The average Bonchev–Trinajstić information content (AvgIpc) is 2.44. The first-order valence-electron chi connectivity index (χ1n) is 4.71. The van der Waals surface area contributed by atoms with Gasteiger partial charge < -0.3 is 10.5 Å². The summed E-state index contributed by atoms with van der Waals surface area (Å²) in [5.74, 6) is 0. The monoisotopic (exact) mass is 275 g/mol. The van der Waals surface area contributed by atoms with Gasteiger partial charge in [0.2, 0.25) is 0 Å². The Labute approximate surface area is 96.6 Å². The molecule has 1 aliphatic rings. The molecule has 1 fully saturated rings. The number of rotatable bonds is 3. The van der Waals surface area contributed by atoms with Gasteiger partial charge >= 0.3 is 0 Å². The second-order valence-electron chi connectivity index (χ2n) is 4.06. The van der Waals surface area contributed by atoms with Crippen molar-refractivity contribution in [1.82, 2.24) is 0 Å². The van der Waals surface area contributed by atoms with E-state index in [1.54, 1.807) is 11.3 Å². The van der Waals surface area contributed by atoms with Crippen molar-refractivity contribution in [2.24, 2.45) is 5.73 Å². The quantitative estimate of drug-likeness (QED) is 0.920. The van der Waals surface area contributed by atoms with Crippen molar-refractivity contribution in [2.75, 3.05) is 13.2 Å². The zero-order chi connectivity index (χ0) is 10.2. The first-order chi connectivity index (χ1) is 6.62. The summed E-state index contributed by atoms with van der Waals surface area (Å²) in [5.41, 5.74) is 6.07. The molecule has 14 heavy (non-hydrogen) atoms. The van der Waals surface area contributed by atoms with Crippen LogP contribution in [0.3, 0.4) is 0 Å². The molecule has 2 N–H and O–H groups in total. The molecule has 1 aliphatic heterocycles. The third-order valence-electron chi connectivity index (χ3n) is 2.57. The molecule has 0 bridgehead atoms. The fourth-order valence-electron chi connectivity index (χ4n) is 1.92. The van der Waals surface area contributed by atoms with Gasteiger partial charge in [-0.05, 0) is 41.4 Å². The average molecular weight is 276 g/mol. The van der Waals surface area contributed by atoms with Gasteiger partial charge in [-0.15, -0.1) is 11.3 Å². The van der Waals surface area contributed by atoms with Crippen LogP contribution in [0.4, 0.5) is 0 Å². The second-order valence-corrected chi connectivity index (χ2v) is 6.52. The summed E-state index contributed by atoms with van der Waals surface area (Å²) >= 11 is 5.28. The van der Waals surface area contributed by atoms with Crippen molar-refractivity contribution >= 4 is 27.3 Å². The molecule has 1 unspecified atom stereocenters. The summed E-state index contributed by atoms with van der Waals surface area (Å²) in [5, 5.41) is 0. The molecule has 1 aromatic heterocycles. The van der Waals surface area contributed by atoms with Crippen LogP contribution in [-0.4, -0.2) is 19.3 Å². The number of nitrogens with two attached hydrogens (primary N) is 1. The van der Waals surface area contributed by atoms with E-state index in [9.17, 15) is 0 Å². The number of thiophene rings is 1.